The van der Waals surface area contributed by atoms with Crippen LogP contribution in [-0.2, 0) is 0 Å². The maximum Gasteiger partial charge on any atom is 0.0661 e. The highest BCUT2D eigenvalue weighted by Gasteiger charge is 2.36. The highest BCUT2D eigenvalue weighted by molar-refractivity contribution is 5.48. The van der Waals surface area contributed by atoms with Crippen LogP contribution in [0.4, 0.5) is 5.69 Å². The van der Waals surface area contributed by atoms with E-state index < -0.39 is 0 Å². The summed E-state index contributed by atoms with van der Waals surface area (Å²) in [6.45, 7) is 4.58. The first-order valence-corrected chi connectivity index (χ1v) is 6.09. The normalized spacial score (nSPS) is 29.3. The fraction of sp³-hybridized carbons (Fsp3) is 0.571. The van der Waals surface area contributed by atoms with Gasteiger partial charge in [0, 0.05) is 5.69 Å². The molecule has 1 aromatic carbocycles. The molecule has 1 saturated carbocycles. The lowest BCUT2D eigenvalue weighted by Crippen LogP contribution is -2.39. The molecule has 2 unspecified atom stereocenters. The summed E-state index contributed by atoms with van der Waals surface area (Å²) in [5, 5.41) is 13.1. The van der Waals surface area contributed by atoms with Crippen LogP contribution in [0.1, 0.15) is 31.7 Å². The molecule has 0 heterocycles. The fourth-order valence-electron chi connectivity index (χ4n) is 2.72. The molecule has 16 heavy (non-hydrogen) atoms. The van der Waals surface area contributed by atoms with Gasteiger partial charge in [0.05, 0.1) is 12.1 Å². The minimum Gasteiger partial charge on any atom is -0.394 e. The SMILES string of the molecule is Cc1cccc(NC2(CO)CCC(C)C2)c1. The summed E-state index contributed by atoms with van der Waals surface area (Å²) in [5.41, 5.74) is 2.29. The Kier molecular flexibility index (Phi) is 3.20. The predicted octanol–water partition coefficient (Wildman–Crippen LogP) is 2.96. The van der Waals surface area contributed by atoms with Crippen molar-refractivity contribution < 1.29 is 5.11 Å². The molecule has 1 aliphatic rings. The van der Waals surface area contributed by atoms with Crippen molar-refractivity contribution in [3.63, 3.8) is 0 Å². The van der Waals surface area contributed by atoms with Gasteiger partial charge in [0.1, 0.15) is 0 Å². The summed E-state index contributed by atoms with van der Waals surface area (Å²) < 4.78 is 0. The molecular formula is C14H21NO. The minimum absolute atomic E-state index is 0.0901. The largest absolute Gasteiger partial charge is 0.394 e. The van der Waals surface area contributed by atoms with Crippen molar-refractivity contribution in [3.05, 3.63) is 29.8 Å². The Morgan fingerprint density at radius 3 is 2.88 bits per heavy atom. The number of anilines is 1. The van der Waals surface area contributed by atoms with Crippen LogP contribution in [0.15, 0.2) is 24.3 Å². The smallest absolute Gasteiger partial charge is 0.0661 e. The quantitative estimate of drug-likeness (QED) is 0.819. The van der Waals surface area contributed by atoms with Gasteiger partial charge in [-0.15, -0.1) is 0 Å². The van der Waals surface area contributed by atoms with E-state index in [4.69, 9.17) is 0 Å². The lowest BCUT2D eigenvalue weighted by atomic mass is 9.96. The molecule has 2 atom stereocenters. The van der Waals surface area contributed by atoms with Gasteiger partial charge in [-0.2, -0.15) is 0 Å². The number of aryl methyl sites for hydroxylation is 1. The molecule has 1 aromatic rings. The molecule has 88 valence electrons. The Morgan fingerprint density at radius 1 is 1.50 bits per heavy atom. The Labute approximate surface area is 97.7 Å². The molecule has 1 aliphatic carbocycles. The van der Waals surface area contributed by atoms with Gasteiger partial charge in [-0.25, -0.2) is 0 Å². The molecule has 2 N–H and O–H groups in total. The van der Waals surface area contributed by atoms with Gasteiger partial charge in [0.2, 0.25) is 0 Å². The number of hydrogen-bond acceptors (Lipinski definition) is 2. The predicted molar refractivity (Wildman–Crippen MR) is 67.6 cm³/mol. The number of aliphatic hydroxyl groups excluding tert-OH is 1. The van der Waals surface area contributed by atoms with E-state index in [1.165, 1.54) is 12.0 Å². The first-order chi connectivity index (χ1) is 7.63. The molecule has 2 heteroatoms. The van der Waals surface area contributed by atoms with Crippen LogP contribution in [0.5, 0.6) is 0 Å². The van der Waals surface area contributed by atoms with Crippen LogP contribution in [0.3, 0.4) is 0 Å². The fourth-order valence-corrected chi connectivity index (χ4v) is 2.72. The van der Waals surface area contributed by atoms with Gasteiger partial charge in [0.15, 0.2) is 0 Å². The van der Waals surface area contributed by atoms with E-state index in [2.05, 4.69) is 43.4 Å². The molecule has 0 spiro atoms. The van der Waals surface area contributed by atoms with Gasteiger partial charge in [-0.3, -0.25) is 0 Å². The Balaban J connectivity index is 2.13. The minimum atomic E-state index is -0.0901. The van der Waals surface area contributed by atoms with Crippen molar-refractivity contribution in [2.75, 3.05) is 11.9 Å². The number of rotatable bonds is 3. The summed E-state index contributed by atoms with van der Waals surface area (Å²) in [6.07, 6.45) is 3.34. The second-order valence-electron chi connectivity index (χ2n) is 5.28. The van der Waals surface area contributed by atoms with Crippen LogP contribution in [-0.4, -0.2) is 17.3 Å². The Hall–Kier alpha value is -1.02. The van der Waals surface area contributed by atoms with Crippen molar-refractivity contribution in [2.24, 2.45) is 5.92 Å². The molecule has 0 radical (unpaired) electrons. The lowest BCUT2D eigenvalue weighted by Gasteiger charge is -2.30. The molecule has 2 nitrogen and oxygen atoms in total. The molecule has 0 aromatic heterocycles. The molecular weight excluding hydrogens is 198 g/mol. The zero-order valence-corrected chi connectivity index (χ0v) is 10.2. The van der Waals surface area contributed by atoms with Gasteiger partial charge in [-0.05, 0) is 49.8 Å². The number of benzene rings is 1. The number of nitrogens with one attached hydrogen (secondary N) is 1. The summed E-state index contributed by atoms with van der Waals surface area (Å²) >= 11 is 0. The van der Waals surface area contributed by atoms with Crippen LogP contribution < -0.4 is 5.32 Å². The summed E-state index contributed by atoms with van der Waals surface area (Å²) in [7, 11) is 0. The monoisotopic (exact) mass is 219 g/mol. The van der Waals surface area contributed by atoms with E-state index in [0.29, 0.717) is 5.92 Å². The standard InChI is InChI=1S/C14H21NO/c1-11-4-3-5-13(8-11)15-14(10-16)7-6-12(2)9-14/h3-5,8,12,15-16H,6-7,9-10H2,1-2H3. The number of aliphatic hydroxyl groups is 1. The van der Waals surface area contributed by atoms with Crippen LogP contribution in [0.25, 0.3) is 0 Å². The number of hydrogen-bond donors (Lipinski definition) is 2. The van der Waals surface area contributed by atoms with E-state index >= 15 is 0 Å². The molecule has 1 fully saturated rings. The van der Waals surface area contributed by atoms with Gasteiger partial charge < -0.3 is 10.4 Å². The average molecular weight is 219 g/mol. The van der Waals surface area contributed by atoms with E-state index in [1.54, 1.807) is 0 Å². The van der Waals surface area contributed by atoms with Crippen molar-refractivity contribution in [1.82, 2.24) is 0 Å². The molecule has 0 bridgehead atoms. The van der Waals surface area contributed by atoms with Crippen LogP contribution in [0, 0.1) is 12.8 Å². The maximum absolute atomic E-state index is 9.60. The summed E-state index contributed by atoms with van der Waals surface area (Å²) in [4.78, 5) is 0. The zero-order valence-electron chi connectivity index (χ0n) is 10.2. The van der Waals surface area contributed by atoms with E-state index in [0.717, 1.165) is 18.5 Å². The maximum atomic E-state index is 9.60. The first-order valence-electron chi connectivity index (χ1n) is 6.09. The second kappa shape index (κ2) is 4.46. The van der Waals surface area contributed by atoms with Crippen molar-refractivity contribution in [2.45, 2.75) is 38.6 Å². The Morgan fingerprint density at radius 2 is 2.31 bits per heavy atom. The lowest BCUT2D eigenvalue weighted by molar-refractivity contribution is 0.211. The molecule has 0 aliphatic heterocycles. The van der Waals surface area contributed by atoms with Crippen molar-refractivity contribution >= 4 is 5.69 Å². The Bertz CT molecular complexity index is 364. The zero-order chi connectivity index (χ0) is 11.6. The van der Waals surface area contributed by atoms with E-state index in [-0.39, 0.29) is 12.1 Å². The van der Waals surface area contributed by atoms with Gasteiger partial charge >= 0.3 is 0 Å². The van der Waals surface area contributed by atoms with Crippen molar-refractivity contribution in [3.8, 4) is 0 Å². The van der Waals surface area contributed by atoms with E-state index in [1.807, 2.05) is 0 Å². The van der Waals surface area contributed by atoms with E-state index in [9.17, 15) is 5.11 Å². The third-order valence-electron chi connectivity index (χ3n) is 3.59. The third kappa shape index (κ3) is 2.38. The average Bonchev–Trinajstić information content (AvgIpc) is 2.61. The highest BCUT2D eigenvalue weighted by Crippen LogP contribution is 2.36. The molecule has 0 amide bonds. The highest BCUT2D eigenvalue weighted by atomic mass is 16.3. The topological polar surface area (TPSA) is 32.3 Å². The summed E-state index contributed by atoms with van der Waals surface area (Å²) in [6, 6.07) is 8.36. The molecule has 2 rings (SSSR count). The van der Waals surface area contributed by atoms with Gasteiger partial charge in [0.25, 0.3) is 0 Å². The van der Waals surface area contributed by atoms with Crippen molar-refractivity contribution in [1.29, 1.82) is 0 Å². The first kappa shape index (κ1) is 11.5. The van der Waals surface area contributed by atoms with Crippen LogP contribution in [0.2, 0.25) is 0 Å². The second-order valence-corrected chi connectivity index (χ2v) is 5.28. The summed E-state index contributed by atoms with van der Waals surface area (Å²) in [5.74, 6) is 0.712. The third-order valence-corrected chi connectivity index (χ3v) is 3.59. The molecule has 0 saturated heterocycles. The van der Waals surface area contributed by atoms with Gasteiger partial charge in [-0.1, -0.05) is 19.1 Å². The van der Waals surface area contributed by atoms with Crippen LogP contribution >= 0.6 is 0 Å².